The molecule has 17 heavy (non-hydrogen) atoms. The molecule has 5 heteroatoms. The van der Waals surface area contributed by atoms with Gasteiger partial charge in [0.15, 0.2) is 0 Å². The second-order valence-corrected chi connectivity index (χ2v) is 4.06. The highest BCUT2D eigenvalue weighted by molar-refractivity contribution is 6.02. The molecule has 5 nitrogen and oxygen atoms in total. The average molecular weight is 234 g/mol. The second-order valence-electron chi connectivity index (χ2n) is 4.06. The van der Waals surface area contributed by atoms with Gasteiger partial charge in [0.05, 0.1) is 19.2 Å². The van der Waals surface area contributed by atoms with Gasteiger partial charge in [0, 0.05) is 11.3 Å². The Hall–Kier alpha value is -1.88. The lowest BCUT2D eigenvalue weighted by Gasteiger charge is -2.29. The van der Waals surface area contributed by atoms with Crippen molar-refractivity contribution < 1.29 is 14.7 Å². The van der Waals surface area contributed by atoms with E-state index in [-0.39, 0.29) is 24.9 Å². The number of imide groups is 1. The zero-order chi connectivity index (χ0) is 12.4. The highest BCUT2D eigenvalue weighted by Crippen LogP contribution is 2.26. The maximum absolute atomic E-state index is 11.3. The first-order valence-electron chi connectivity index (χ1n) is 5.42. The molecule has 1 aromatic carbocycles. The molecule has 2 N–H and O–H groups in total. The van der Waals surface area contributed by atoms with Gasteiger partial charge in [-0.25, -0.2) is 0 Å². The summed E-state index contributed by atoms with van der Waals surface area (Å²) in [6, 6.07) is 7.22. The lowest BCUT2D eigenvalue weighted by molar-refractivity contribution is -0.130. The molecule has 1 fully saturated rings. The van der Waals surface area contributed by atoms with Gasteiger partial charge in [-0.05, 0) is 13.0 Å². The highest BCUT2D eigenvalue weighted by Gasteiger charge is 2.24. The maximum Gasteiger partial charge on any atom is 0.246 e. The summed E-state index contributed by atoms with van der Waals surface area (Å²) in [7, 11) is 0. The Bertz CT molecular complexity index is 441. The number of rotatable bonds is 2. The van der Waals surface area contributed by atoms with Gasteiger partial charge in [-0.3, -0.25) is 14.9 Å². The van der Waals surface area contributed by atoms with Crippen molar-refractivity contribution >= 4 is 17.5 Å². The van der Waals surface area contributed by atoms with Crippen LogP contribution in [0, 0.1) is 0 Å². The zero-order valence-corrected chi connectivity index (χ0v) is 9.51. The van der Waals surface area contributed by atoms with E-state index in [1.165, 1.54) is 0 Å². The van der Waals surface area contributed by atoms with E-state index >= 15 is 0 Å². The molecule has 0 aromatic heterocycles. The molecule has 0 unspecified atom stereocenters. The Balaban J connectivity index is 2.33. The van der Waals surface area contributed by atoms with Crippen molar-refractivity contribution in [2.45, 2.75) is 13.0 Å². The van der Waals surface area contributed by atoms with Gasteiger partial charge in [-0.15, -0.1) is 0 Å². The van der Waals surface area contributed by atoms with Crippen LogP contribution < -0.4 is 10.2 Å². The number of benzene rings is 1. The molecule has 0 radical (unpaired) electrons. The number of nitrogens with zero attached hydrogens (tertiary/aromatic N) is 1. The summed E-state index contributed by atoms with van der Waals surface area (Å²) in [5.41, 5.74) is 1.45. The summed E-state index contributed by atoms with van der Waals surface area (Å²) in [6.45, 7) is 1.93. The smallest absolute Gasteiger partial charge is 0.246 e. The van der Waals surface area contributed by atoms with Crippen LogP contribution in [0.15, 0.2) is 24.3 Å². The number of piperazine rings is 1. The zero-order valence-electron chi connectivity index (χ0n) is 9.51. The SMILES string of the molecule is C[C@H](O)c1ccccc1N1CC(=O)NC(=O)C1. The highest BCUT2D eigenvalue weighted by atomic mass is 16.3. The molecule has 0 saturated carbocycles. The third-order valence-electron chi connectivity index (χ3n) is 2.68. The van der Waals surface area contributed by atoms with E-state index in [2.05, 4.69) is 5.32 Å². The van der Waals surface area contributed by atoms with E-state index in [1.54, 1.807) is 24.0 Å². The molecule has 1 aromatic rings. The molecule has 1 saturated heterocycles. The van der Waals surface area contributed by atoms with E-state index in [0.29, 0.717) is 0 Å². The van der Waals surface area contributed by atoms with Crippen LogP contribution in [0.5, 0.6) is 0 Å². The summed E-state index contributed by atoms with van der Waals surface area (Å²) >= 11 is 0. The minimum absolute atomic E-state index is 0.134. The van der Waals surface area contributed by atoms with Crippen LogP contribution in [0.2, 0.25) is 0 Å². The number of aliphatic hydroxyl groups is 1. The monoisotopic (exact) mass is 234 g/mol. The van der Waals surface area contributed by atoms with Crippen molar-refractivity contribution in [3.63, 3.8) is 0 Å². The fourth-order valence-electron chi connectivity index (χ4n) is 1.94. The van der Waals surface area contributed by atoms with Gasteiger partial charge in [-0.2, -0.15) is 0 Å². The van der Waals surface area contributed by atoms with Gasteiger partial charge in [0.1, 0.15) is 0 Å². The molecule has 90 valence electrons. The molecule has 2 rings (SSSR count). The molecule has 1 heterocycles. The minimum atomic E-state index is -0.633. The van der Waals surface area contributed by atoms with Gasteiger partial charge in [0.25, 0.3) is 0 Å². The van der Waals surface area contributed by atoms with Crippen LogP contribution in [-0.2, 0) is 9.59 Å². The van der Waals surface area contributed by atoms with E-state index < -0.39 is 6.10 Å². The number of amides is 2. The lowest BCUT2D eigenvalue weighted by Crippen LogP contribution is -2.51. The van der Waals surface area contributed by atoms with E-state index in [0.717, 1.165) is 11.3 Å². The first kappa shape index (κ1) is 11.6. The third-order valence-corrected chi connectivity index (χ3v) is 2.68. The first-order valence-corrected chi connectivity index (χ1v) is 5.42. The molecular weight excluding hydrogens is 220 g/mol. The Morgan fingerprint density at radius 3 is 2.41 bits per heavy atom. The standard InChI is InChI=1S/C12H14N2O3/c1-8(15)9-4-2-3-5-10(9)14-6-11(16)13-12(17)7-14/h2-5,8,15H,6-7H2,1H3,(H,13,16,17)/t8-/m0/s1. The van der Waals surface area contributed by atoms with Crippen LogP contribution in [0.25, 0.3) is 0 Å². The van der Waals surface area contributed by atoms with Crippen molar-refractivity contribution in [2.75, 3.05) is 18.0 Å². The van der Waals surface area contributed by atoms with Crippen molar-refractivity contribution in [2.24, 2.45) is 0 Å². The summed E-state index contributed by atoms with van der Waals surface area (Å²) in [5.74, 6) is -0.636. The normalized spacial score (nSPS) is 17.9. The number of hydrogen-bond acceptors (Lipinski definition) is 4. The average Bonchev–Trinajstić information content (AvgIpc) is 2.27. The van der Waals surface area contributed by atoms with Gasteiger partial charge >= 0.3 is 0 Å². The molecule has 1 atom stereocenters. The molecule has 2 amide bonds. The number of carbonyl (C=O) groups excluding carboxylic acids is 2. The quantitative estimate of drug-likeness (QED) is 0.717. The molecule has 1 aliphatic rings. The summed E-state index contributed by atoms with van der Waals surface area (Å²) in [6.07, 6.45) is -0.633. The topological polar surface area (TPSA) is 69.6 Å². The third kappa shape index (κ3) is 2.45. The number of hydrogen-bond donors (Lipinski definition) is 2. The Morgan fingerprint density at radius 2 is 1.82 bits per heavy atom. The molecule has 0 bridgehead atoms. The molecule has 1 aliphatic heterocycles. The number of anilines is 1. The van der Waals surface area contributed by atoms with Crippen LogP contribution in [0.4, 0.5) is 5.69 Å². The number of nitrogens with one attached hydrogen (secondary N) is 1. The van der Waals surface area contributed by atoms with Gasteiger partial charge < -0.3 is 10.0 Å². The van der Waals surface area contributed by atoms with Crippen molar-refractivity contribution in [3.8, 4) is 0 Å². The van der Waals surface area contributed by atoms with Crippen LogP contribution in [-0.4, -0.2) is 30.0 Å². The minimum Gasteiger partial charge on any atom is -0.389 e. The molecule has 0 spiro atoms. The fourth-order valence-corrected chi connectivity index (χ4v) is 1.94. The predicted molar refractivity (Wildman–Crippen MR) is 62.4 cm³/mol. The van der Waals surface area contributed by atoms with E-state index in [4.69, 9.17) is 0 Å². The number of carbonyl (C=O) groups is 2. The van der Waals surface area contributed by atoms with Crippen molar-refractivity contribution in [1.29, 1.82) is 0 Å². The molecular formula is C12H14N2O3. The van der Waals surface area contributed by atoms with Crippen LogP contribution >= 0.6 is 0 Å². The fraction of sp³-hybridized carbons (Fsp3) is 0.333. The van der Waals surface area contributed by atoms with Crippen LogP contribution in [0.3, 0.4) is 0 Å². The Labute approximate surface area is 99.0 Å². The Kier molecular flexibility index (Phi) is 3.10. The Morgan fingerprint density at radius 1 is 1.24 bits per heavy atom. The second kappa shape index (κ2) is 4.55. The summed E-state index contributed by atoms with van der Waals surface area (Å²) < 4.78 is 0. The number of aliphatic hydroxyl groups excluding tert-OH is 1. The van der Waals surface area contributed by atoms with Crippen molar-refractivity contribution in [1.82, 2.24) is 5.32 Å². The predicted octanol–water partition coefficient (Wildman–Crippen LogP) is 0.203. The summed E-state index contributed by atoms with van der Waals surface area (Å²) in [5, 5.41) is 11.9. The largest absolute Gasteiger partial charge is 0.389 e. The van der Waals surface area contributed by atoms with Gasteiger partial charge in [-0.1, -0.05) is 18.2 Å². The van der Waals surface area contributed by atoms with E-state index in [9.17, 15) is 14.7 Å². The van der Waals surface area contributed by atoms with E-state index in [1.807, 2.05) is 12.1 Å². The maximum atomic E-state index is 11.3. The first-order chi connectivity index (χ1) is 8.08. The summed E-state index contributed by atoms with van der Waals surface area (Å²) in [4.78, 5) is 24.3. The van der Waals surface area contributed by atoms with Gasteiger partial charge in [0.2, 0.25) is 11.8 Å². The lowest BCUT2D eigenvalue weighted by atomic mass is 10.1. The molecule has 0 aliphatic carbocycles. The van der Waals surface area contributed by atoms with Crippen molar-refractivity contribution in [3.05, 3.63) is 29.8 Å². The van der Waals surface area contributed by atoms with Crippen LogP contribution in [0.1, 0.15) is 18.6 Å². The number of para-hydroxylation sites is 1.